The molecule has 33 heavy (non-hydrogen) atoms. The molecule has 1 fully saturated rings. The van der Waals surface area contributed by atoms with E-state index in [0.29, 0.717) is 43.2 Å². The van der Waals surface area contributed by atoms with Crippen LogP contribution >= 0.6 is 0 Å². The number of fused-ring (bicyclic) bond motifs is 5. The number of nitrogens with one attached hydrogen (secondary N) is 2. The van der Waals surface area contributed by atoms with Crippen LogP contribution in [0.2, 0.25) is 0 Å². The number of carbonyl (C=O) groups excluding carboxylic acids is 2. The standard InChI is InChI=1S/C23H24N6O4/c1-3-32-19-11-17-13-33-20-4-6-29-21(27-20)18(12-26-29)14-8-15(22(30)24-2)10-16(9-14)25-5-7-28(17)23(19)31/h4,6,8-10,12-13,19,25H,3,5,7,11H2,1-2H3,(H,24,30)/b17-13+/t19-/m1/s1. The summed E-state index contributed by atoms with van der Waals surface area (Å²) in [5.74, 6) is 0.0812. The van der Waals surface area contributed by atoms with Gasteiger partial charge in [0.2, 0.25) is 5.88 Å². The lowest BCUT2D eigenvalue weighted by atomic mass is 10.0. The Kier molecular flexibility index (Phi) is 5.43. The molecule has 0 saturated carbocycles. The first-order valence-electron chi connectivity index (χ1n) is 10.8. The molecule has 0 spiro atoms. The number of hydrogen-bond donors (Lipinski definition) is 2. The van der Waals surface area contributed by atoms with Crippen molar-refractivity contribution in [3.8, 4) is 17.0 Å². The third kappa shape index (κ3) is 3.89. The fourth-order valence-corrected chi connectivity index (χ4v) is 4.12. The normalized spacial score (nSPS) is 19.3. The van der Waals surface area contributed by atoms with E-state index in [4.69, 9.17) is 9.47 Å². The zero-order chi connectivity index (χ0) is 22.9. The van der Waals surface area contributed by atoms with E-state index in [-0.39, 0.29) is 11.8 Å². The van der Waals surface area contributed by atoms with Crippen molar-refractivity contribution in [3.05, 3.63) is 54.2 Å². The van der Waals surface area contributed by atoms with Gasteiger partial charge in [-0.2, -0.15) is 10.1 Å². The Balaban J connectivity index is 1.61. The zero-order valence-corrected chi connectivity index (χ0v) is 18.4. The van der Waals surface area contributed by atoms with Crippen LogP contribution in [0.1, 0.15) is 23.7 Å². The van der Waals surface area contributed by atoms with Gasteiger partial charge in [0.1, 0.15) is 12.4 Å². The Hall–Kier alpha value is -3.92. The molecule has 10 nitrogen and oxygen atoms in total. The summed E-state index contributed by atoms with van der Waals surface area (Å²) in [6.07, 6.45) is 4.95. The second kappa shape index (κ2) is 8.55. The summed E-state index contributed by atoms with van der Waals surface area (Å²) in [6, 6.07) is 7.24. The van der Waals surface area contributed by atoms with Gasteiger partial charge in [0.25, 0.3) is 11.8 Å². The van der Waals surface area contributed by atoms with Crippen LogP contribution in [0.3, 0.4) is 0 Å². The molecule has 0 unspecified atom stereocenters. The average molecular weight is 448 g/mol. The molecule has 1 atom stereocenters. The highest BCUT2D eigenvalue weighted by atomic mass is 16.5. The van der Waals surface area contributed by atoms with Gasteiger partial charge in [-0.1, -0.05) is 0 Å². The first-order valence-corrected chi connectivity index (χ1v) is 10.8. The Bertz CT molecular complexity index is 1270. The van der Waals surface area contributed by atoms with Crippen LogP contribution in [0.5, 0.6) is 5.88 Å². The maximum absolute atomic E-state index is 12.9. The van der Waals surface area contributed by atoms with Crippen LogP contribution in [0, 0.1) is 0 Å². The second-order valence-corrected chi connectivity index (χ2v) is 7.76. The van der Waals surface area contributed by atoms with E-state index >= 15 is 0 Å². The molecule has 0 radical (unpaired) electrons. The van der Waals surface area contributed by atoms with E-state index < -0.39 is 6.10 Å². The summed E-state index contributed by atoms with van der Waals surface area (Å²) >= 11 is 0. The van der Waals surface area contributed by atoms with Gasteiger partial charge in [0.05, 0.1) is 11.9 Å². The first kappa shape index (κ1) is 21.0. The van der Waals surface area contributed by atoms with Crippen LogP contribution in [0.25, 0.3) is 16.8 Å². The summed E-state index contributed by atoms with van der Waals surface area (Å²) in [7, 11) is 1.59. The molecular weight excluding hydrogens is 424 g/mol. The third-order valence-electron chi connectivity index (χ3n) is 5.71. The molecule has 4 heterocycles. The summed E-state index contributed by atoms with van der Waals surface area (Å²) in [4.78, 5) is 31.6. The van der Waals surface area contributed by atoms with Gasteiger partial charge >= 0.3 is 0 Å². The van der Waals surface area contributed by atoms with Gasteiger partial charge < -0.3 is 25.0 Å². The highest BCUT2D eigenvalue weighted by Crippen LogP contribution is 2.30. The van der Waals surface area contributed by atoms with Crippen molar-refractivity contribution in [2.45, 2.75) is 19.4 Å². The fraction of sp³-hybridized carbons (Fsp3) is 0.304. The van der Waals surface area contributed by atoms with Gasteiger partial charge in [-0.3, -0.25) is 9.59 Å². The van der Waals surface area contributed by atoms with Crippen molar-refractivity contribution in [2.24, 2.45) is 0 Å². The monoisotopic (exact) mass is 448 g/mol. The molecule has 4 bridgehead atoms. The summed E-state index contributed by atoms with van der Waals surface area (Å²) in [5, 5.41) is 10.4. The van der Waals surface area contributed by atoms with Crippen LogP contribution in [0.4, 0.5) is 5.69 Å². The Labute approximate surface area is 190 Å². The molecule has 5 rings (SSSR count). The van der Waals surface area contributed by atoms with E-state index in [1.807, 2.05) is 13.0 Å². The van der Waals surface area contributed by atoms with Crippen LogP contribution in [0.15, 0.2) is 48.6 Å². The van der Waals surface area contributed by atoms with Gasteiger partial charge in [0, 0.05) is 62.2 Å². The molecule has 1 saturated heterocycles. The number of benzene rings is 1. The number of ether oxygens (including phenoxy) is 2. The second-order valence-electron chi connectivity index (χ2n) is 7.76. The molecule has 2 amide bonds. The summed E-state index contributed by atoms with van der Waals surface area (Å²) in [6.45, 7) is 3.22. The number of amides is 2. The molecule has 10 heteroatoms. The van der Waals surface area contributed by atoms with E-state index in [1.165, 1.54) is 0 Å². The van der Waals surface area contributed by atoms with Gasteiger partial charge in [-0.15, -0.1) is 0 Å². The minimum atomic E-state index is -0.527. The highest BCUT2D eigenvalue weighted by molar-refractivity contribution is 5.97. The van der Waals surface area contributed by atoms with Crippen molar-refractivity contribution in [1.29, 1.82) is 0 Å². The van der Waals surface area contributed by atoms with Gasteiger partial charge in [0.15, 0.2) is 5.65 Å². The molecule has 3 aromatic rings. The zero-order valence-electron chi connectivity index (χ0n) is 18.4. The molecule has 1 aromatic carbocycles. The van der Waals surface area contributed by atoms with Crippen molar-refractivity contribution in [3.63, 3.8) is 0 Å². The Morgan fingerprint density at radius 1 is 1.36 bits per heavy atom. The topological polar surface area (TPSA) is 110 Å². The van der Waals surface area contributed by atoms with Crippen molar-refractivity contribution < 1.29 is 19.1 Å². The van der Waals surface area contributed by atoms with Crippen molar-refractivity contribution in [2.75, 3.05) is 32.1 Å². The number of hydrogen-bond acceptors (Lipinski definition) is 7. The van der Waals surface area contributed by atoms with Crippen LogP contribution in [-0.2, 0) is 9.53 Å². The number of anilines is 1. The molecule has 170 valence electrons. The number of carbonyl (C=O) groups is 2. The van der Waals surface area contributed by atoms with Crippen LogP contribution < -0.4 is 15.4 Å². The van der Waals surface area contributed by atoms with E-state index in [1.54, 1.807) is 53.3 Å². The largest absolute Gasteiger partial charge is 0.445 e. The predicted molar refractivity (Wildman–Crippen MR) is 121 cm³/mol. The lowest BCUT2D eigenvalue weighted by Gasteiger charge is -2.19. The van der Waals surface area contributed by atoms with Crippen molar-refractivity contribution in [1.82, 2.24) is 24.8 Å². The minimum Gasteiger partial charge on any atom is -0.445 e. The maximum Gasteiger partial charge on any atom is 0.256 e. The molecule has 0 aliphatic carbocycles. The quantitative estimate of drug-likeness (QED) is 0.631. The summed E-state index contributed by atoms with van der Waals surface area (Å²) < 4.78 is 13.1. The average Bonchev–Trinajstić information content (AvgIpc) is 3.38. The predicted octanol–water partition coefficient (Wildman–Crippen LogP) is 2.04. The van der Waals surface area contributed by atoms with Crippen molar-refractivity contribution >= 4 is 23.1 Å². The molecule has 2 aliphatic rings. The Morgan fingerprint density at radius 2 is 2.24 bits per heavy atom. The molecule has 2 N–H and O–H groups in total. The number of nitrogens with zero attached hydrogens (tertiary/aromatic N) is 4. The first-order chi connectivity index (χ1) is 16.1. The number of aromatic nitrogens is 3. The molecule has 2 aliphatic heterocycles. The fourth-order valence-electron chi connectivity index (χ4n) is 4.12. The van der Waals surface area contributed by atoms with Gasteiger partial charge in [-0.05, 0) is 30.7 Å². The lowest BCUT2D eigenvalue weighted by molar-refractivity contribution is -0.136. The lowest BCUT2D eigenvalue weighted by Crippen LogP contribution is -2.34. The van der Waals surface area contributed by atoms with E-state index in [0.717, 1.165) is 22.5 Å². The Morgan fingerprint density at radius 3 is 3.06 bits per heavy atom. The minimum absolute atomic E-state index is 0.0955. The smallest absolute Gasteiger partial charge is 0.256 e. The van der Waals surface area contributed by atoms with Crippen LogP contribution in [-0.4, -0.2) is 64.2 Å². The molecule has 2 aromatic heterocycles. The SMILES string of the molecule is CCO[C@@H]1C/C2=C\Oc3ccn4ncc(c4n3)-c3cc(cc(C(=O)NC)c3)NCCN2C1=O. The highest BCUT2D eigenvalue weighted by Gasteiger charge is 2.36. The van der Waals surface area contributed by atoms with Gasteiger partial charge in [-0.25, -0.2) is 4.52 Å². The summed E-state index contributed by atoms with van der Waals surface area (Å²) in [5.41, 5.74) is 4.15. The third-order valence-corrected chi connectivity index (χ3v) is 5.71. The van der Waals surface area contributed by atoms with E-state index in [2.05, 4.69) is 20.7 Å². The van der Waals surface area contributed by atoms with E-state index in [9.17, 15) is 9.59 Å². The maximum atomic E-state index is 12.9. The number of rotatable bonds is 3. The molecular formula is C23H24N6O4.